The van der Waals surface area contributed by atoms with Crippen molar-refractivity contribution in [2.24, 2.45) is 7.05 Å². The largest absolute Gasteiger partial charge is 0.490 e. The van der Waals surface area contributed by atoms with Gasteiger partial charge in [0.15, 0.2) is 23.1 Å². The first kappa shape index (κ1) is 20.2. The van der Waals surface area contributed by atoms with E-state index in [9.17, 15) is 5.26 Å². The minimum absolute atomic E-state index is 0.423. The molecule has 1 aromatic heterocycles. The molecule has 0 radical (unpaired) electrons. The van der Waals surface area contributed by atoms with Crippen LogP contribution in [-0.4, -0.2) is 28.0 Å². The number of benzene rings is 2. The molecule has 0 saturated heterocycles. The lowest BCUT2D eigenvalue weighted by Crippen LogP contribution is -2.00. The molecule has 0 saturated carbocycles. The van der Waals surface area contributed by atoms with Crippen molar-refractivity contribution in [1.82, 2.24) is 14.8 Å². The molecule has 2 aromatic carbocycles. The number of rotatable bonds is 8. The van der Waals surface area contributed by atoms with Gasteiger partial charge in [-0.15, -0.1) is 10.2 Å². The standard InChI is InChI=1S/C23H24N4O2/c1-4-13-29-20-12-11-17(15-21(20)28-5-2)14-19(16-24)23-26-25-22(27(23)3)18-9-7-6-8-10-18/h6-12,14-15H,4-5,13H2,1-3H3/b19-14+. The highest BCUT2D eigenvalue weighted by atomic mass is 16.5. The van der Waals surface area contributed by atoms with Crippen LogP contribution in [-0.2, 0) is 7.05 Å². The lowest BCUT2D eigenvalue weighted by atomic mass is 10.1. The molecule has 6 nitrogen and oxygen atoms in total. The van der Waals surface area contributed by atoms with E-state index in [1.165, 1.54) is 0 Å². The van der Waals surface area contributed by atoms with E-state index in [0.29, 0.717) is 41.9 Å². The van der Waals surface area contributed by atoms with Gasteiger partial charge in [0.2, 0.25) is 0 Å². The predicted molar refractivity (Wildman–Crippen MR) is 113 cm³/mol. The zero-order valence-corrected chi connectivity index (χ0v) is 16.9. The molecule has 0 unspecified atom stereocenters. The molecule has 1 heterocycles. The van der Waals surface area contributed by atoms with Gasteiger partial charge < -0.3 is 14.0 Å². The summed E-state index contributed by atoms with van der Waals surface area (Å²) in [5.74, 6) is 2.58. The second-order valence-corrected chi connectivity index (χ2v) is 6.43. The fraction of sp³-hybridized carbons (Fsp3) is 0.261. The SMILES string of the molecule is CCCOc1ccc(/C=C(\C#N)c2nnc(-c3ccccc3)n2C)cc1OCC. The fourth-order valence-electron chi connectivity index (χ4n) is 2.93. The van der Waals surface area contributed by atoms with Crippen LogP contribution in [0.15, 0.2) is 48.5 Å². The summed E-state index contributed by atoms with van der Waals surface area (Å²) >= 11 is 0. The van der Waals surface area contributed by atoms with Gasteiger partial charge >= 0.3 is 0 Å². The lowest BCUT2D eigenvalue weighted by molar-refractivity contribution is 0.277. The van der Waals surface area contributed by atoms with Crippen LogP contribution in [0, 0.1) is 11.3 Å². The van der Waals surface area contributed by atoms with E-state index in [4.69, 9.17) is 9.47 Å². The molecule has 0 N–H and O–H groups in total. The Bertz CT molecular complexity index is 1030. The quantitative estimate of drug-likeness (QED) is 0.522. The van der Waals surface area contributed by atoms with Crippen molar-refractivity contribution in [2.45, 2.75) is 20.3 Å². The van der Waals surface area contributed by atoms with Crippen molar-refractivity contribution < 1.29 is 9.47 Å². The molecule has 6 heteroatoms. The first-order chi connectivity index (χ1) is 14.2. The van der Waals surface area contributed by atoms with Gasteiger partial charge in [-0.1, -0.05) is 43.3 Å². The maximum Gasteiger partial charge on any atom is 0.174 e. The van der Waals surface area contributed by atoms with Crippen molar-refractivity contribution in [3.8, 4) is 29.0 Å². The van der Waals surface area contributed by atoms with E-state index < -0.39 is 0 Å². The molecule has 3 rings (SSSR count). The maximum absolute atomic E-state index is 9.73. The highest BCUT2D eigenvalue weighted by Crippen LogP contribution is 2.30. The molecule has 0 fully saturated rings. The van der Waals surface area contributed by atoms with Crippen molar-refractivity contribution in [1.29, 1.82) is 5.26 Å². The molecule has 0 aliphatic carbocycles. The Kier molecular flexibility index (Phi) is 6.64. The molecule has 0 aliphatic heterocycles. The number of allylic oxidation sites excluding steroid dienone is 1. The van der Waals surface area contributed by atoms with Crippen LogP contribution in [0.2, 0.25) is 0 Å². The Morgan fingerprint density at radius 3 is 2.55 bits per heavy atom. The molecule has 0 amide bonds. The lowest BCUT2D eigenvalue weighted by Gasteiger charge is -2.12. The van der Waals surface area contributed by atoms with E-state index in [1.54, 1.807) is 6.08 Å². The first-order valence-corrected chi connectivity index (χ1v) is 9.64. The highest BCUT2D eigenvalue weighted by molar-refractivity contribution is 5.88. The predicted octanol–water partition coefficient (Wildman–Crippen LogP) is 4.73. The Balaban J connectivity index is 1.96. The van der Waals surface area contributed by atoms with Crippen molar-refractivity contribution in [3.05, 3.63) is 59.9 Å². The van der Waals surface area contributed by atoms with E-state index in [2.05, 4.69) is 23.2 Å². The average Bonchev–Trinajstić information content (AvgIpc) is 3.13. The van der Waals surface area contributed by atoms with Crippen LogP contribution in [0.1, 0.15) is 31.7 Å². The van der Waals surface area contributed by atoms with E-state index in [-0.39, 0.29) is 0 Å². The molecule has 148 valence electrons. The smallest absolute Gasteiger partial charge is 0.174 e. The molecule has 0 bridgehead atoms. The van der Waals surface area contributed by atoms with Gasteiger partial charge in [0.1, 0.15) is 6.07 Å². The summed E-state index contributed by atoms with van der Waals surface area (Å²) in [6.45, 7) is 5.14. The van der Waals surface area contributed by atoms with Gasteiger partial charge in [-0.3, -0.25) is 0 Å². The van der Waals surface area contributed by atoms with Crippen LogP contribution in [0.4, 0.5) is 0 Å². The van der Waals surface area contributed by atoms with Gasteiger partial charge in [-0.2, -0.15) is 5.26 Å². The van der Waals surface area contributed by atoms with Crippen molar-refractivity contribution >= 4 is 11.6 Å². The zero-order valence-electron chi connectivity index (χ0n) is 16.9. The number of hydrogen-bond acceptors (Lipinski definition) is 5. The van der Waals surface area contributed by atoms with E-state index >= 15 is 0 Å². The average molecular weight is 388 g/mol. The van der Waals surface area contributed by atoms with Crippen LogP contribution in [0.3, 0.4) is 0 Å². The first-order valence-electron chi connectivity index (χ1n) is 9.64. The minimum atomic E-state index is 0.423. The maximum atomic E-state index is 9.73. The van der Waals surface area contributed by atoms with Crippen LogP contribution >= 0.6 is 0 Å². The second kappa shape index (κ2) is 9.56. The van der Waals surface area contributed by atoms with Crippen LogP contribution in [0.25, 0.3) is 23.0 Å². The fourth-order valence-corrected chi connectivity index (χ4v) is 2.93. The van der Waals surface area contributed by atoms with Gasteiger partial charge in [0, 0.05) is 12.6 Å². The highest BCUT2D eigenvalue weighted by Gasteiger charge is 2.15. The number of nitriles is 1. The second-order valence-electron chi connectivity index (χ2n) is 6.43. The van der Waals surface area contributed by atoms with Gasteiger partial charge in [-0.05, 0) is 37.1 Å². The van der Waals surface area contributed by atoms with E-state index in [1.807, 2.05) is 67.1 Å². The van der Waals surface area contributed by atoms with Crippen molar-refractivity contribution in [2.75, 3.05) is 13.2 Å². The Hall–Kier alpha value is -3.59. The van der Waals surface area contributed by atoms with E-state index in [0.717, 1.165) is 17.5 Å². The summed E-state index contributed by atoms with van der Waals surface area (Å²) in [7, 11) is 1.86. The third-order valence-electron chi connectivity index (χ3n) is 4.31. The Labute approximate surface area is 171 Å². The number of aromatic nitrogens is 3. The summed E-state index contributed by atoms with van der Waals surface area (Å²) in [6, 6.07) is 17.7. The molecule has 0 aliphatic rings. The van der Waals surface area contributed by atoms with Gasteiger partial charge in [0.05, 0.1) is 18.8 Å². The Morgan fingerprint density at radius 2 is 1.86 bits per heavy atom. The summed E-state index contributed by atoms with van der Waals surface area (Å²) < 4.78 is 13.3. The minimum Gasteiger partial charge on any atom is -0.490 e. The normalized spacial score (nSPS) is 11.2. The zero-order chi connectivity index (χ0) is 20.6. The molecule has 0 spiro atoms. The summed E-state index contributed by atoms with van der Waals surface area (Å²) in [5.41, 5.74) is 2.20. The Morgan fingerprint density at radius 1 is 1.07 bits per heavy atom. The third kappa shape index (κ3) is 4.64. The number of nitrogens with zero attached hydrogens (tertiary/aromatic N) is 4. The number of hydrogen-bond donors (Lipinski definition) is 0. The molecule has 29 heavy (non-hydrogen) atoms. The monoisotopic (exact) mass is 388 g/mol. The topological polar surface area (TPSA) is 73.0 Å². The van der Waals surface area contributed by atoms with Crippen LogP contribution < -0.4 is 9.47 Å². The third-order valence-corrected chi connectivity index (χ3v) is 4.31. The molecular weight excluding hydrogens is 364 g/mol. The van der Waals surface area contributed by atoms with Crippen LogP contribution in [0.5, 0.6) is 11.5 Å². The van der Waals surface area contributed by atoms with Crippen molar-refractivity contribution in [3.63, 3.8) is 0 Å². The molecule has 3 aromatic rings. The summed E-state index contributed by atoms with van der Waals surface area (Å²) in [5, 5.41) is 18.2. The molecular formula is C23H24N4O2. The summed E-state index contributed by atoms with van der Waals surface area (Å²) in [6.07, 6.45) is 2.70. The van der Waals surface area contributed by atoms with Gasteiger partial charge in [-0.25, -0.2) is 0 Å². The molecule has 0 atom stereocenters. The number of ether oxygens (including phenoxy) is 2. The summed E-state index contributed by atoms with van der Waals surface area (Å²) in [4.78, 5) is 0. The van der Waals surface area contributed by atoms with Gasteiger partial charge in [0.25, 0.3) is 0 Å².